The van der Waals surface area contributed by atoms with Crippen molar-refractivity contribution in [2.45, 2.75) is 11.8 Å². The Hall–Kier alpha value is -1.88. The summed E-state index contributed by atoms with van der Waals surface area (Å²) in [6.45, 7) is 1.60. The standard InChI is InChI=1S/C14H15NO3S/c1-3-19(17,18)12-7-4-6-11(10-12)13-8-5-9-15(2)14(13)16/h4-10H,3H2,1-2H3. The summed E-state index contributed by atoms with van der Waals surface area (Å²) in [5.41, 5.74) is 0.974. The van der Waals surface area contributed by atoms with Crippen molar-refractivity contribution < 1.29 is 8.42 Å². The van der Waals surface area contributed by atoms with E-state index in [1.807, 2.05) is 0 Å². The Bertz CT molecular complexity index is 760. The second-order valence-electron chi connectivity index (χ2n) is 4.27. The van der Waals surface area contributed by atoms with E-state index in [1.165, 1.54) is 4.57 Å². The van der Waals surface area contributed by atoms with Crippen LogP contribution < -0.4 is 5.56 Å². The Morgan fingerprint density at radius 1 is 1.16 bits per heavy atom. The molecule has 0 fully saturated rings. The summed E-state index contributed by atoms with van der Waals surface area (Å²) in [6, 6.07) is 9.96. The molecule has 0 aliphatic rings. The lowest BCUT2D eigenvalue weighted by Crippen LogP contribution is -2.17. The summed E-state index contributed by atoms with van der Waals surface area (Å²) in [5.74, 6) is 0.0449. The van der Waals surface area contributed by atoms with Crippen molar-refractivity contribution >= 4 is 9.84 Å². The number of pyridine rings is 1. The predicted molar refractivity (Wildman–Crippen MR) is 74.8 cm³/mol. The van der Waals surface area contributed by atoms with Crippen LogP contribution >= 0.6 is 0 Å². The SMILES string of the molecule is CCS(=O)(=O)c1cccc(-c2cccn(C)c2=O)c1. The van der Waals surface area contributed by atoms with Gasteiger partial charge in [0.05, 0.1) is 10.6 Å². The second-order valence-corrected chi connectivity index (χ2v) is 6.55. The maximum atomic E-state index is 12.0. The van der Waals surface area contributed by atoms with Gasteiger partial charge in [-0.25, -0.2) is 8.42 Å². The molecule has 0 N–H and O–H groups in total. The summed E-state index contributed by atoms with van der Waals surface area (Å²) < 4.78 is 25.2. The third kappa shape index (κ3) is 2.61. The summed E-state index contributed by atoms with van der Waals surface area (Å²) >= 11 is 0. The molecular formula is C14H15NO3S. The lowest BCUT2D eigenvalue weighted by Gasteiger charge is -2.06. The highest BCUT2D eigenvalue weighted by molar-refractivity contribution is 7.91. The number of nitrogens with zero attached hydrogens (tertiary/aromatic N) is 1. The Balaban J connectivity index is 2.63. The van der Waals surface area contributed by atoms with Crippen molar-refractivity contribution in [1.82, 2.24) is 4.57 Å². The monoisotopic (exact) mass is 277 g/mol. The molecule has 0 bridgehead atoms. The molecule has 2 rings (SSSR count). The van der Waals surface area contributed by atoms with Gasteiger partial charge in [0.15, 0.2) is 9.84 Å². The van der Waals surface area contributed by atoms with Crippen LogP contribution in [0, 0.1) is 0 Å². The molecule has 1 aromatic heterocycles. The molecule has 0 amide bonds. The van der Waals surface area contributed by atoms with Gasteiger partial charge >= 0.3 is 0 Å². The molecule has 1 heterocycles. The molecule has 0 spiro atoms. The number of aromatic nitrogens is 1. The second kappa shape index (κ2) is 5.01. The molecule has 19 heavy (non-hydrogen) atoms. The van der Waals surface area contributed by atoms with Crippen LogP contribution in [0.3, 0.4) is 0 Å². The first-order valence-electron chi connectivity index (χ1n) is 5.94. The summed E-state index contributed by atoms with van der Waals surface area (Å²) in [7, 11) is -1.60. The average molecular weight is 277 g/mol. The van der Waals surface area contributed by atoms with E-state index in [2.05, 4.69) is 0 Å². The zero-order valence-electron chi connectivity index (χ0n) is 10.8. The van der Waals surface area contributed by atoms with E-state index in [1.54, 1.807) is 56.6 Å². The molecule has 100 valence electrons. The fraction of sp³-hybridized carbons (Fsp3) is 0.214. The molecule has 0 aliphatic heterocycles. The van der Waals surface area contributed by atoms with Crippen molar-refractivity contribution in [1.29, 1.82) is 0 Å². The number of aryl methyl sites for hydroxylation is 1. The number of rotatable bonds is 3. The molecule has 0 saturated carbocycles. The van der Waals surface area contributed by atoms with Crippen LogP contribution in [-0.2, 0) is 16.9 Å². The van der Waals surface area contributed by atoms with Gasteiger partial charge in [-0.1, -0.05) is 19.1 Å². The summed E-state index contributed by atoms with van der Waals surface area (Å²) in [6.07, 6.45) is 1.67. The minimum atomic E-state index is -3.26. The first-order valence-corrected chi connectivity index (χ1v) is 7.60. The van der Waals surface area contributed by atoms with Crippen molar-refractivity contribution in [3.63, 3.8) is 0 Å². The van der Waals surface area contributed by atoms with E-state index >= 15 is 0 Å². The third-order valence-electron chi connectivity index (χ3n) is 3.01. The fourth-order valence-corrected chi connectivity index (χ4v) is 2.77. The van der Waals surface area contributed by atoms with Gasteiger partial charge in [0, 0.05) is 18.8 Å². The van der Waals surface area contributed by atoms with Gasteiger partial charge in [-0.05, 0) is 29.8 Å². The quantitative estimate of drug-likeness (QED) is 0.860. The van der Waals surface area contributed by atoms with Crippen LogP contribution in [0.2, 0.25) is 0 Å². The van der Waals surface area contributed by atoms with Gasteiger partial charge in [0.2, 0.25) is 0 Å². The van der Waals surface area contributed by atoms with Gasteiger partial charge in [-0.15, -0.1) is 0 Å². The zero-order valence-corrected chi connectivity index (χ0v) is 11.6. The van der Waals surface area contributed by atoms with E-state index in [0.717, 1.165) is 0 Å². The normalized spacial score (nSPS) is 11.5. The molecule has 0 unspecified atom stereocenters. The lowest BCUT2D eigenvalue weighted by atomic mass is 10.1. The first kappa shape index (κ1) is 13.5. The van der Waals surface area contributed by atoms with Crippen molar-refractivity contribution in [2.24, 2.45) is 7.05 Å². The highest BCUT2D eigenvalue weighted by Crippen LogP contribution is 2.20. The maximum absolute atomic E-state index is 12.0. The minimum Gasteiger partial charge on any atom is -0.318 e. The molecule has 0 radical (unpaired) electrons. The van der Waals surface area contributed by atoms with E-state index in [-0.39, 0.29) is 16.2 Å². The molecule has 1 aromatic carbocycles. The van der Waals surface area contributed by atoms with Crippen LogP contribution in [-0.4, -0.2) is 18.7 Å². The molecule has 0 saturated heterocycles. The topological polar surface area (TPSA) is 56.1 Å². The van der Waals surface area contributed by atoms with Gasteiger partial charge in [-0.3, -0.25) is 4.79 Å². The first-order chi connectivity index (χ1) is 8.95. The van der Waals surface area contributed by atoms with Gasteiger partial charge in [0.1, 0.15) is 0 Å². The zero-order chi connectivity index (χ0) is 14.0. The highest BCUT2D eigenvalue weighted by Gasteiger charge is 2.13. The molecule has 5 heteroatoms. The van der Waals surface area contributed by atoms with Crippen LogP contribution in [0.4, 0.5) is 0 Å². The molecule has 2 aromatic rings. The summed E-state index contributed by atoms with van der Waals surface area (Å²) in [5, 5.41) is 0. The number of hydrogen-bond donors (Lipinski definition) is 0. The van der Waals surface area contributed by atoms with Crippen LogP contribution in [0.15, 0.2) is 52.3 Å². The van der Waals surface area contributed by atoms with E-state index in [0.29, 0.717) is 11.1 Å². The van der Waals surface area contributed by atoms with Crippen molar-refractivity contribution in [2.75, 3.05) is 5.75 Å². The molecular weight excluding hydrogens is 262 g/mol. The van der Waals surface area contributed by atoms with Gasteiger partial charge in [-0.2, -0.15) is 0 Å². The number of benzene rings is 1. The van der Waals surface area contributed by atoms with E-state index in [4.69, 9.17) is 0 Å². The number of sulfone groups is 1. The Morgan fingerprint density at radius 3 is 2.58 bits per heavy atom. The van der Waals surface area contributed by atoms with Crippen LogP contribution in [0.5, 0.6) is 0 Å². The van der Waals surface area contributed by atoms with Crippen molar-refractivity contribution in [3.05, 3.63) is 52.9 Å². The predicted octanol–water partition coefficient (Wildman–Crippen LogP) is 1.85. The Kier molecular flexibility index (Phi) is 3.57. The van der Waals surface area contributed by atoms with Crippen molar-refractivity contribution in [3.8, 4) is 11.1 Å². The van der Waals surface area contributed by atoms with Crippen LogP contribution in [0.1, 0.15) is 6.92 Å². The molecule has 0 aliphatic carbocycles. The smallest absolute Gasteiger partial charge is 0.258 e. The average Bonchev–Trinajstić information content (AvgIpc) is 2.42. The van der Waals surface area contributed by atoms with Crippen LogP contribution in [0.25, 0.3) is 11.1 Å². The summed E-state index contributed by atoms with van der Waals surface area (Å²) in [4.78, 5) is 12.3. The Morgan fingerprint density at radius 2 is 1.89 bits per heavy atom. The van der Waals surface area contributed by atoms with E-state index < -0.39 is 9.84 Å². The molecule has 0 atom stereocenters. The number of hydrogen-bond acceptors (Lipinski definition) is 3. The maximum Gasteiger partial charge on any atom is 0.258 e. The third-order valence-corrected chi connectivity index (χ3v) is 4.74. The highest BCUT2D eigenvalue weighted by atomic mass is 32.2. The largest absolute Gasteiger partial charge is 0.318 e. The lowest BCUT2D eigenvalue weighted by molar-refractivity contribution is 0.597. The Labute approximate surface area is 112 Å². The van der Waals surface area contributed by atoms with E-state index in [9.17, 15) is 13.2 Å². The minimum absolute atomic E-state index is 0.0449. The van der Waals surface area contributed by atoms with Gasteiger partial charge in [0.25, 0.3) is 5.56 Å². The molecule has 4 nitrogen and oxygen atoms in total. The van der Waals surface area contributed by atoms with Gasteiger partial charge < -0.3 is 4.57 Å². The fourth-order valence-electron chi connectivity index (χ4n) is 1.84.